The Bertz CT molecular complexity index is 1210. The first-order valence-corrected chi connectivity index (χ1v) is 9.80. The molecule has 0 aliphatic heterocycles. The molecular weight excluding hydrogens is 368 g/mol. The summed E-state index contributed by atoms with van der Waals surface area (Å²) >= 11 is 0. The number of nitrogens with one attached hydrogen (secondary N) is 1. The highest BCUT2D eigenvalue weighted by Gasteiger charge is 2.06. The van der Waals surface area contributed by atoms with Crippen molar-refractivity contribution in [2.45, 2.75) is 6.92 Å². The Hall–Kier alpha value is -4.05. The lowest BCUT2D eigenvalue weighted by Crippen LogP contribution is -2.20. The second-order valence-corrected chi connectivity index (χ2v) is 6.84. The van der Waals surface area contributed by atoms with E-state index in [2.05, 4.69) is 17.5 Å². The highest BCUT2D eigenvalue weighted by atomic mass is 15.3. The topological polar surface area (TPSA) is 49.6 Å². The van der Waals surface area contributed by atoms with Crippen molar-refractivity contribution in [3.63, 3.8) is 0 Å². The van der Waals surface area contributed by atoms with Gasteiger partial charge in [-0.15, -0.1) is 0 Å². The van der Waals surface area contributed by atoms with Gasteiger partial charge < -0.3 is 0 Å². The molecule has 0 saturated heterocycles. The Morgan fingerprint density at radius 2 is 1.60 bits per heavy atom. The standard InChI is InChI=1S/C26H22N4/c1-20-13-16-23(17-14-20)28-26(25-18-15-22-11-5-6-12-24(22)29-25)30-27-19-7-10-21-8-3-2-4-9-21/h2-19H,1H3,(H,28,30)/b10-7+,27-19-. The summed E-state index contributed by atoms with van der Waals surface area (Å²) in [7, 11) is 0. The zero-order valence-electron chi connectivity index (χ0n) is 16.7. The summed E-state index contributed by atoms with van der Waals surface area (Å²) in [6.07, 6.45) is 5.59. The van der Waals surface area contributed by atoms with Gasteiger partial charge in [0.1, 0.15) is 5.69 Å². The number of fused-ring (bicyclic) bond motifs is 1. The van der Waals surface area contributed by atoms with Crippen LogP contribution in [0.25, 0.3) is 17.0 Å². The van der Waals surface area contributed by atoms with Crippen LogP contribution in [0.5, 0.6) is 0 Å². The Morgan fingerprint density at radius 1 is 0.833 bits per heavy atom. The van der Waals surface area contributed by atoms with Crippen molar-refractivity contribution in [2.24, 2.45) is 10.1 Å². The van der Waals surface area contributed by atoms with Gasteiger partial charge in [0.05, 0.1) is 11.2 Å². The minimum atomic E-state index is 0.592. The van der Waals surface area contributed by atoms with Crippen molar-refractivity contribution in [3.8, 4) is 0 Å². The van der Waals surface area contributed by atoms with E-state index in [4.69, 9.17) is 9.98 Å². The molecule has 4 nitrogen and oxygen atoms in total. The van der Waals surface area contributed by atoms with E-state index in [1.54, 1.807) is 6.21 Å². The van der Waals surface area contributed by atoms with Crippen LogP contribution in [0.2, 0.25) is 0 Å². The maximum Gasteiger partial charge on any atom is 0.173 e. The number of aryl methyl sites for hydroxylation is 1. The summed E-state index contributed by atoms with van der Waals surface area (Å²) in [6, 6.07) is 30.2. The van der Waals surface area contributed by atoms with Crippen molar-refractivity contribution < 1.29 is 0 Å². The van der Waals surface area contributed by atoms with Gasteiger partial charge in [0, 0.05) is 11.6 Å². The fraction of sp³-hybridized carbons (Fsp3) is 0.0385. The lowest BCUT2D eigenvalue weighted by Gasteiger charge is -2.07. The van der Waals surface area contributed by atoms with Gasteiger partial charge in [0.25, 0.3) is 0 Å². The molecule has 0 aliphatic rings. The Kier molecular flexibility index (Phi) is 6.06. The number of pyridine rings is 1. The number of aliphatic imine (C=N–C) groups is 1. The number of nitrogens with zero attached hydrogens (tertiary/aromatic N) is 3. The number of aromatic nitrogens is 1. The molecule has 1 aromatic heterocycles. The number of hydrogen-bond donors (Lipinski definition) is 1. The number of rotatable bonds is 5. The minimum absolute atomic E-state index is 0.592. The van der Waals surface area contributed by atoms with Gasteiger partial charge in [0.15, 0.2) is 5.84 Å². The Balaban J connectivity index is 1.60. The lowest BCUT2D eigenvalue weighted by atomic mass is 10.2. The smallest absolute Gasteiger partial charge is 0.173 e. The molecule has 0 aliphatic carbocycles. The van der Waals surface area contributed by atoms with Crippen LogP contribution >= 0.6 is 0 Å². The van der Waals surface area contributed by atoms with Gasteiger partial charge >= 0.3 is 0 Å². The van der Waals surface area contributed by atoms with Crippen molar-refractivity contribution >= 4 is 34.7 Å². The van der Waals surface area contributed by atoms with Crippen LogP contribution in [-0.2, 0) is 0 Å². The predicted octanol–water partition coefficient (Wildman–Crippen LogP) is 5.91. The van der Waals surface area contributed by atoms with Crippen LogP contribution in [0.4, 0.5) is 5.69 Å². The quantitative estimate of drug-likeness (QED) is 0.262. The molecular formula is C26H22N4. The van der Waals surface area contributed by atoms with Crippen LogP contribution < -0.4 is 5.43 Å². The third-order valence-corrected chi connectivity index (χ3v) is 4.54. The van der Waals surface area contributed by atoms with Gasteiger partial charge in [-0.2, -0.15) is 5.10 Å². The molecule has 0 fully saturated rings. The van der Waals surface area contributed by atoms with E-state index in [-0.39, 0.29) is 0 Å². The summed E-state index contributed by atoms with van der Waals surface area (Å²) in [4.78, 5) is 9.49. The second kappa shape index (κ2) is 9.43. The number of allylic oxidation sites excluding steroid dienone is 1. The molecule has 0 saturated carbocycles. The van der Waals surface area contributed by atoms with Crippen LogP contribution in [0.15, 0.2) is 107 Å². The maximum absolute atomic E-state index is 4.75. The SMILES string of the molecule is Cc1ccc(N=C(N/N=C\C=C\c2ccccc2)c2ccc3ccccc3n2)cc1. The van der Waals surface area contributed by atoms with Crippen molar-refractivity contribution in [1.29, 1.82) is 0 Å². The number of hydrazone groups is 1. The molecule has 0 amide bonds. The van der Waals surface area contributed by atoms with Crippen molar-refractivity contribution in [3.05, 3.63) is 114 Å². The van der Waals surface area contributed by atoms with Gasteiger partial charge in [-0.1, -0.05) is 78.4 Å². The third kappa shape index (κ3) is 5.06. The van der Waals surface area contributed by atoms with E-state index in [1.807, 2.05) is 103 Å². The van der Waals surface area contributed by atoms with E-state index in [1.165, 1.54) is 5.56 Å². The molecule has 0 atom stereocenters. The first-order valence-electron chi connectivity index (χ1n) is 9.80. The second-order valence-electron chi connectivity index (χ2n) is 6.84. The number of para-hydroxylation sites is 1. The summed E-state index contributed by atoms with van der Waals surface area (Å²) in [5.41, 5.74) is 7.86. The van der Waals surface area contributed by atoms with E-state index < -0.39 is 0 Å². The molecule has 1 N–H and O–H groups in total. The molecule has 4 heteroatoms. The zero-order valence-corrected chi connectivity index (χ0v) is 16.7. The fourth-order valence-electron chi connectivity index (χ4n) is 2.95. The molecule has 0 spiro atoms. The Morgan fingerprint density at radius 3 is 2.43 bits per heavy atom. The minimum Gasteiger partial charge on any atom is -0.260 e. The highest BCUT2D eigenvalue weighted by Crippen LogP contribution is 2.16. The van der Waals surface area contributed by atoms with E-state index in [0.717, 1.165) is 27.8 Å². The zero-order chi connectivity index (χ0) is 20.6. The number of amidine groups is 1. The van der Waals surface area contributed by atoms with Crippen LogP contribution in [0.3, 0.4) is 0 Å². The molecule has 0 bridgehead atoms. The molecule has 30 heavy (non-hydrogen) atoms. The number of benzene rings is 3. The van der Waals surface area contributed by atoms with Crippen LogP contribution in [0, 0.1) is 6.92 Å². The van der Waals surface area contributed by atoms with Gasteiger partial charge in [0.2, 0.25) is 0 Å². The summed E-state index contributed by atoms with van der Waals surface area (Å²) < 4.78 is 0. The van der Waals surface area contributed by atoms with Gasteiger partial charge in [-0.25, -0.2) is 9.98 Å². The summed E-state index contributed by atoms with van der Waals surface area (Å²) in [6.45, 7) is 2.06. The van der Waals surface area contributed by atoms with Crippen molar-refractivity contribution in [2.75, 3.05) is 0 Å². The summed E-state index contributed by atoms with van der Waals surface area (Å²) in [5.74, 6) is 0.592. The van der Waals surface area contributed by atoms with E-state index >= 15 is 0 Å². The largest absolute Gasteiger partial charge is 0.260 e. The molecule has 4 aromatic rings. The van der Waals surface area contributed by atoms with E-state index in [9.17, 15) is 0 Å². The molecule has 4 rings (SSSR count). The fourth-order valence-corrected chi connectivity index (χ4v) is 2.95. The molecule has 1 heterocycles. The van der Waals surface area contributed by atoms with Gasteiger partial charge in [-0.3, -0.25) is 5.43 Å². The Labute approximate surface area is 176 Å². The molecule has 0 unspecified atom stereocenters. The highest BCUT2D eigenvalue weighted by molar-refractivity contribution is 6.00. The molecule has 0 radical (unpaired) electrons. The van der Waals surface area contributed by atoms with Gasteiger partial charge in [-0.05, 0) is 42.8 Å². The number of hydrogen-bond acceptors (Lipinski definition) is 3. The predicted molar refractivity (Wildman–Crippen MR) is 126 cm³/mol. The van der Waals surface area contributed by atoms with Crippen LogP contribution in [-0.4, -0.2) is 17.0 Å². The maximum atomic E-state index is 4.75. The third-order valence-electron chi connectivity index (χ3n) is 4.54. The monoisotopic (exact) mass is 390 g/mol. The molecule has 3 aromatic carbocycles. The first kappa shape index (κ1) is 19.3. The van der Waals surface area contributed by atoms with Crippen molar-refractivity contribution in [1.82, 2.24) is 10.4 Å². The molecule has 146 valence electrons. The lowest BCUT2D eigenvalue weighted by molar-refractivity contribution is 1.02. The average molecular weight is 390 g/mol. The average Bonchev–Trinajstić information content (AvgIpc) is 2.80. The van der Waals surface area contributed by atoms with E-state index in [0.29, 0.717) is 5.84 Å². The van der Waals surface area contributed by atoms with Crippen LogP contribution in [0.1, 0.15) is 16.8 Å². The normalized spacial score (nSPS) is 12.1. The summed E-state index contributed by atoms with van der Waals surface area (Å²) in [5, 5.41) is 5.41. The first-order chi connectivity index (χ1) is 14.8.